The Morgan fingerprint density at radius 2 is 2.29 bits per heavy atom. The molecule has 112 valence electrons. The molecular formula is C13H17N5O2S. The molecule has 2 aromatic heterocycles. The van der Waals surface area contributed by atoms with Crippen molar-refractivity contribution in [3.05, 3.63) is 18.4 Å². The van der Waals surface area contributed by atoms with Crippen LogP contribution in [0.2, 0.25) is 0 Å². The first-order chi connectivity index (χ1) is 10.3. The van der Waals surface area contributed by atoms with Crippen molar-refractivity contribution in [1.29, 1.82) is 0 Å². The van der Waals surface area contributed by atoms with Crippen molar-refractivity contribution in [3.8, 4) is 11.6 Å². The molecule has 0 aliphatic heterocycles. The lowest BCUT2D eigenvalue weighted by atomic mass is 10.2. The summed E-state index contributed by atoms with van der Waals surface area (Å²) in [6, 6.07) is 4.07. The number of nitrogens with one attached hydrogen (secondary N) is 1. The molecule has 0 unspecified atom stereocenters. The van der Waals surface area contributed by atoms with Gasteiger partial charge in [0.25, 0.3) is 0 Å². The van der Waals surface area contributed by atoms with E-state index in [1.807, 2.05) is 12.1 Å². The number of amides is 1. The van der Waals surface area contributed by atoms with Crippen molar-refractivity contribution in [3.63, 3.8) is 0 Å². The number of rotatable bonds is 5. The highest BCUT2D eigenvalue weighted by molar-refractivity contribution is 7.99. The van der Waals surface area contributed by atoms with Crippen LogP contribution in [0.25, 0.3) is 11.6 Å². The molecule has 2 heterocycles. The van der Waals surface area contributed by atoms with Crippen LogP contribution in [0.5, 0.6) is 0 Å². The van der Waals surface area contributed by atoms with Crippen LogP contribution in [0.1, 0.15) is 31.7 Å². The highest BCUT2D eigenvalue weighted by atomic mass is 32.2. The third-order valence-electron chi connectivity index (χ3n) is 3.59. The van der Waals surface area contributed by atoms with E-state index < -0.39 is 0 Å². The van der Waals surface area contributed by atoms with Crippen LogP contribution in [0.3, 0.4) is 0 Å². The first-order valence-corrected chi connectivity index (χ1v) is 7.89. The minimum absolute atomic E-state index is 0.222. The molecule has 3 N–H and O–H groups in total. The van der Waals surface area contributed by atoms with Gasteiger partial charge in [0.05, 0.1) is 12.0 Å². The summed E-state index contributed by atoms with van der Waals surface area (Å²) in [5.74, 6) is 6.52. The van der Waals surface area contributed by atoms with Gasteiger partial charge in [0.1, 0.15) is 0 Å². The molecule has 2 aromatic rings. The Kier molecular flexibility index (Phi) is 4.26. The normalized spacial score (nSPS) is 15.5. The maximum absolute atomic E-state index is 11.3. The average molecular weight is 307 g/mol. The lowest BCUT2D eigenvalue weighted by Crippen LogP contribution is -2.31. The van der Waals surface area contributed by atoms with Crippen molar-refractivity contribution in [2.45, 2.75) is 36.9 Å². The number of hydrogen-bond acceptors (Lipinski definition) is 6. The largest absolute Gasteiger partial charge is 0.461 e. The van der Waals surface area contributed by atoms with Crippen LogP contribution < -0.4 is 11.3 Å². The fourth-order valence-corrected chi connectivity index (χ4v) is 3.43. The summed E-state index contributed by atoms with van der Waals surface area (Å²) in [7, 11) is 0. The van der Waals surface area contributed by atoms with E-state index in [-0.39, 0.29) is 11.7 Å². The topological polar surface area (TPSA) is 99.0 Å². The Morgan fingerprint density at radius 3 is 2.95 bits per heavy atom. The van der Waals surface area contributed by atoms with E-state index in [1.54, 1.807) is 6.26 Å². The molecule has 8 heteroatoms. The summed E-state index contributed by atoms with van der Waals surface area (Å²) in [6.45, 7) is 0. The Balaban J connectivity index is 1.90. The monoisotopic (exact) mass is 307 g/mol. The van der Waals surface area contributed by atoms with Gasteiger partial charge in [-0.15, -0.1) is 10.2 Å². The van der Waals surface area contributed by atoms with E-state index in [4.69, 9.17) is 10.3 Å². The van der Waals surface area contributed by atoms with E-state index >= 15 is 0 Å². The van der Waals surface area contributed by atoms with Crippen LogP contribution in [-0.4, -0.2) is 26.4 Å². The van der Waals surface area contributed by atoms with E-state index in [0.717, 1.165) is 23.8 Å². The molecule has 3 rings (SSSR count). The zero-order valence-corrected chi connectivity index (χ0v) is 12.3. The van der Waals surface area contributed by atoms with E-state index in [2.05, 4.69) is 20.2 Å². The van der Waals surface area contributed by atoms with Crippen molar-refractivity contribution in [2.24, 2.45) is 5.84 Å². The van der Waals surface area contributed by atoms with Gasteiger partial charge in [0, 0.05) is 6.04 Å². The van der Waals surface area contributed by atoms with Crippen molar-refractivity contribution < 1.29 is 9.21 Å². The Labute approximate surface area is 126 Å². The molecule has 1 amide bonds. The fraction of sp³-hybridized carbons (Fsp3) is 0.462. The quantitative estimate of drug-likeness (QED) is 0.378. The minimum Gasteiger partial charge on any atom is -0.461 e. The molecule has 0 aromatic carbocycles. The van der Waals surface area contributed by atoms with Gasteiger partial charge < -0.3 is 4.42 Å². The number of furan rings is 1. The predicted molar refractivity (Wildman–Crippen MR) is 78.3 cm³/mol. The smallest absolute Gasteiger partial charge is 0.244 e. The van der Waals surface area contributed by atoms with E-state index in [1.165, 1.54) is 24.6 Å². The molecule has 1 aliphatic carbocycles. The van der Waals surface area contributed by atoms with Gasteiger partial charge in [-0.25, -0.2) is 5.84 Å². The molecule has 1 fully saturated rings. The summed E-state index contributed by atoms with van der Waals surface area (Å²) >= 11 is 1.34. The van der Waals surface area contributed by atoms with E-state index in [0.29, 0.717) is 11.8 Å². The highest BCUT2D eigenvalue weighted by Crippen LogP contribution is 2.36. The maximum atomic E-state index is 11.3. The average Bonchev–Trinajstić information content (AvgIpc) is 3.23. The fourth-order valence-electron chi connectivity index (χ4n) is 2.61. The van der Waals surface area contributed by atoms with Crippen LogP contribution >= 0.6 is 11.8 Å². The predicted octanol–water partition coefficient (Wildman–Crippen LogP) is 1.74. The third kappa shape index (κ3) is 2.96. The van der Waals surface area contributed by atoms with E-state index in [9.17, 15) is 4.79 Å². The van der Waals surface area contributed by atoms with Crippen LogP contribution in [0.15, 0.2) is 28.0 Å². The van der Waals surface area contributed by atoms with Crippen molar-refractivity contribution in [2.75, 3.05) is 5.75 Å². The summed E-state index contributed by atoms with van der Waals surface area (Å²) in [4.78, 5) is 11.3. The van der Waals surface area contributed by atoms with Gasteiger partial charge in [-0.3, -0.25) is 14.8 Å². The van der Waals surface area contributed by atoms with Crippen LogP contribution in [0, 0.1) is 0 Å². The molecule has 7 nitrogen and oxygen atoms in total. The molecule has 21 heavy (non-hydrogen) atoms. The number of nitrogens with two attached hydrogens (primary N) is 1. The van der Waals surface area contributed by atoms with Gasteiger partial charge in [-0.05, 0) is 25.0 Å². The number of carbonyl (C=O) groups excluding carboxylic acids is 1. The summed E-state index contributed by atoms with van der Waals surface area (Å²) in [5.41, 5.74) is 2.12. The second-order valence-electron chi connectivity index (χ2n) is 4.95. The SMILES string of the molecule is NNC(=O)CSc1nnc(-c2ccco2)n1C1CCCC1. The third-order valence-corrected chi connectivity index (χ3v) is 4.53. The van der Waals surface area contributed by atoms with Crippen LogP contribution in [-0.2, 0) is 4.79 Å². The Morgan fingerprint density at radius 1 is 1.48 bits per heavy atom. The van der Waals surface area contributed by atoms with Crippen molar-refractivity contribution >= 4 is 17.7 Å². The summed E-state index contributed by atoms with van der Waals surface area (Å²) < 4.78 is 7.55. The van der Waals surface area contributed by atoms with Gasteiger partial charge >= 0.3 is 0 Å². The molecular weight excluding hydrogens is 290 g/mol. The standard InChI is InChI=1S/C13H17N5O2S/c14-15-11(19)8-21-13-17-16-12(10-6-3-7-20-10)18(13)9-4-1-2-5-9/h3,6-7,9H,1-2,4-5,8,14H2,(H,15,19). The lowest BCUT2D eigenvalue weighted by Gasteiger charge is -2.15. The Bertz CT molecular complexity index is 604. The molecule has 0 bridgehead atoms. The van der Waals surface area contributed by atoms with Crippen molar-refractivity contribution in [1.82, 2.24) is 20.2 Å². The number of thioether (sulfide) groups is 1. The van der Waals surface area contributed by atoms with Crippen LogP contribution in [0.4, 0.5) is 0 Å². The van der Waals surface area contributed by atoms with Gasteiger partial charge in [-0.1, -0.05) is 24.6 Å². The number of hydrogen-bond donors (Lipinski definition) is 2. The maximum Gasteiger partial charge on any atom is 0.244 e. The molecule has 0 saturated heterocycles. The molecule has 0 atom stereocenters. The second kappa shape index (κ2) is 6.31. The van der Waals surface area contributed by atoms with Gasteiger partial charge in [0.15, 0.2) is 10.9 Å². The Hall–Kier alpha value is -1.80. The summed E-state index contributed by atoms with van der Waals surface area (Å²) in [5, 5.41) is 9.19. The number of aromatic nitrogens is 3. The van der Waals surface area contributed by atoms with Gasteiger partial charge in [-0.2, -0.15) is 0 Å². The zero-order chi connectivity index (χ0) is 14.7. The second-order valence-corrected chi connectivity index (χ2v) is 5.89. The van der Waals surface area contributed by atoms with Gasteiger partial charge in [0.2, 0.25) is 11.7 Å². The lowest BCUT2D eigenvalue weighted by molar-refractivity contribution is -0.118. The number of hydrazine groups is 1. The number of carbonyl (C=O) groups is 1. The molecule has 0 spiro atoms. The first-order valence-electron chi connectivity index (χ1n) is 6.90. The molecule has 1 saturated carbocycles. The minimum atomic E-state index is -0.236. The highest BCUT2D eigenvalue weighted by Gasteiger charge is 2.26. The first kappa shape index (κ1) is 14.2. The molecule has 1 aliphatic rings. The number of nitrogens with zero attached hydrogens (tertiary/aromatic N) is 3. The molecule has 0 radical (unpaired) electrons. The zero-order valence-electron chi connectivity index (χ0n) is 11.5. The summed E-state index contributed by atoms with van der Waals surface area (Å²) in [6.07, 6.45) is 6.23.